The van der Waals surface area contributed by atoms with E-state index < -0.39 is 0 Å². The van der Waals surface area contributed by atoms with Crippen molar-refractivity contribution in [2.75, 3.05) is 13.2 Å². The smallest absolute Gasteiger partial charge is 0.119 e. The van der Waals surface area contributed by atoms with Gasteiger partial charge in [0.15, 0.2) is 0 Å². The van der Waals surface area contributed by atoms with Crippen LogP contribution in [0.2, 0.25) is 0 Å². The molecule has 0 aliphatic rings. The fraction of sp³-hybridized carbons (Fsp3) is 0.625. The minimum absolute atomic E-state index is 0.388. The Hall–Kier alpha value is -1.02. The summed E-state index contributed by atoms with van der Waals surface area (Å²) < 4.78 is 5.79. The van der Waals surface area contributed by atoms with Gasteiger partial charge in [0.2, 0.25) is 0 Å². The van der Waals surface area contributed by atoms with Crippen LogP contribution in [0.25, 0.3) is 0 Å². The first-order valence-corrected chi connectivity index (χ1v) is 7.24. The lowest BCUT2D eigenvalue weighted by Gasteiger charge is -2.14. The molecule has 1 atom stereocenters. The van der Waals surface area contributed by atoms with Crippen LogP contribution >= 0.6 is 0 Å². The Balaban J connectivity index is 2.39. The largest absolute Gasteiger partial charge is 0.494 e. The van der Waals surface area contributed by atoms with Crippen LogP contribution in [0.1, 0.15) is 58.1 Å². The lowest BCUT2D eigenvalue weighted by atomic mass is 10.1. The molecule has 0 saturated heterocycles. The second-order valence-electron chi connectivity index (χ2n) is 4.76. The fourth-order valence-electron chi connectivity index (χ4n) is 2.02. The van der Waals surface area contributed by atoms with E-state index in [0.717, 1.165) is 25.3 Å². The molecule has 0 saturated carbocycles. The second-order valence-corrected chi connectivity index (χ2v) is 4.76. The lowest BCUT2D eigenvalue weighted by molar-refractivity contribution is 0.304. The van der Waals surface area contributed by atoms with E-state index in [0.29, 0.717) is 6.04 Å². The molecule has 2 nitrogen and oxygen atoms in total. The zero-order valence-corrected chi connectivity index (χ0v) is 12.0. The first kappa shape index (κ1) is 15.0. The van der Waals surface area contributed by atoms with Gasteiger partial charge in [-0.05, 0) is 37.6 Å². The van der Waals surface area contributed by atoms with E-state index in [1.165, 1.54) is 24.8 Å². The van der Waals surface area contributed by atoms with Crippen molar-refractivity contribution < 1.29 is 4.74 Å². The Morgan fingerprint density at radius 1 is 1.17 bits per heavy atom. The van der Waals surface area contributed by atoms with Crippen molar-refractivity contribution in [3.8, 4) is 5.75 Å². The van der Waals surface area contributed by atoms with Gasteiger partial charge in [0.1, 0.15) is 5.75 Å². The molecule has 0 fully saturated rings. The number of hydrogen-bond acceptors (Lipinski definition) is 2. The summed E-state index contributed by atoms with van der Waals surface area (Å²) in [5.74, 6) is 0.994. The molecule has 0 spiro atoms. The molecule has 0 amide bonds. The zero-order chi connectivity index (χ0) is 13.2. The second kappa shape index (κ2) is 8.98. The van der Waals surface area contributed by atoms with Crippen LogP contribution in [-0.4, -0.2) is 13.2 Å². The number of ether oxygens (including phenoxy) is 1. The molecule has 0 aliphatic carbocycles. The standard InChI is InChI=1S/C16H27NO/c1-4-6-7-8-12-18-16-11-9-10-15(13-16)14(3)17-5-2/h9-11,13-14,17H,4-8,12H2,1-3H3. The van der Waals surface area contributed by atoms with E-state index >= 15 is 0 Å². The molecule has 18 heavy (non-hydrogen) atoms. The third-order valence-electron chi connectivity index (χ3n) is 3.14. The van der Waals surface area contributed by atoms with Crippen molar-refractivity contribution >= 4 is 0 Å². The number of rotatable bonds is 9. The maximum atomic E-state index is 5.79. The Bertz CT molecular complexity index is 325. The summed E-state index contributed by atoms with van der Waals surface area (Å²) in [6.07, 6.45) is 5.00. The number of hydrogen-bond donors (Lipinski definition) is 1. The molecule has 1 aromatic rings. The maximum Gasteiger partial charge on any atom is 0.119 e. The summed E-state index contributed by atoms with van der Waals surface area (Å²) in [5.41, 5.74) is 1.29. The van der Waals surface area contributed by atoms with Crippen LogP contribution in [0.3, 0.4) is 0 Å². The highest BCUT2D eigenvalue weighted by atomic mass is 16.5. The lowest BCUT2D eigenvalue weighted by Crippen LogP contribution is -2.17. The first-order valence-electron chi connectivity index (χ1n) is 7.24. The Morgan fingerprint density at radius 3 is 2.72 bits per heavy atom. The van der Waals surface area contributed by atoms with E-state index in [2.05, 4.69) is 44.3 Å². The van der Waals surface area contributed by atoms with Crippen molar-refractivity contribution in [1.82, 2.24) is 5.32 Å². The van der Waals surface area contributed by atoms with Crippen molar-refractivity contribution in [2.24, 2.45) is 0 Å². The Kier molecular flexibility index (Phi) is 7.51. The zero-order valence-electron chi connectivity index (χ0n) is 12.0. The van der Waals surface area contributed by atoms with Gasteiger partial charge in [-0.25, -0.2) is 0 Å². The predicted octanol–water partition coefficient (Wildman–Crippen LogP) is 4.32. The first-order chi connectivity index (χ1) is 8.77. The Labute approximate surface area is 112 Å². The number of benzene rings is 1. The van der Waals surface area contributed by atoms with Crippen LogP contribution in [0.4, 0.5) is 0 Å². The van der Waals surface area contributed by atoms with Gasteiger partial charge in [-0.15, -0.1) is 0 Å². The normalized spacial score (nSPS) is 12.4. The van der Waals surface area contributed by atoms with E-state index in [1.807, 2.05) is 6.07 Å². The van der Waals surface area contributed by atoms with Gasteiger partial charge in [-0.1, -0.05) is 45.2 Å². The SMILES string of the molecule is CCCCCCOc1cccc(C(C)NCC)c1. The van der Waals surface area contributed by atoms with E-state index in [4.69, 9.17) is 4.74 Å². The molecular weight excluding hydrogens is 222 g/mol. The average molecular weight is 249 g/mol. The van der Waals surface area contributed by atoms with E-state index in [9.17, 15) is 0 Å². The number of unbranched alkanes of at least 4 members (excludes halogenated alkanes) is 3. The highest BCUT2D eigenvalue weighted by Crippen LogP contribution is 2.19. The molecule has 2 heteroatoms. The monoisotopic (exact) mass is 249 g/mol. The summed E-state index contributed by atoms with van der Waals surface area (Å²) in [7, 11) is 0. The number of nitrogens with one attached hydrogen (secondary N) is 1. The highest BCUT2D eigenvalue weighted by Gasteiger charge is 2.04. The highest BCUT2D eigenvalue weighted by molar-refractivity contribution is 5.30. The van der Waals surface area contributed by atoms with Crippen molar-refractivity contribution in [2.45, 2.75) is 52.5 Å². The molecule has 1 N–H and O–H groups in total. The summed E-state index contributed by atoms with van der Waals surface area (Å²) in [6.45, 7) is 8.36. The Morgan fingerprint density at radius 2 is 2.00 bits per heavy atom. The van der Waals surface area contributed by atoms with Crippen LogP contribution in [-0.2, 0) is 0 Å². The van der Waals surface area contributed by atoms with E-state index in [-0.39, 0.29) is 0 Å². The third-order valence-corrected chi connectivity index (χ3v) is 3.14. The fourth-order valence-corrected chi connectivity index (χ4v) is 2.02. The van der Waals surface area contributed by atoms with Crippen LogP contribution in [0.15, 0.2) is 24.3 Å². The van der Waals surface area contributed by atoms with Crippen molar-refractivity contribution in [3.63, 3.8) is 0 Å². The van der Waals surface area contributed by atoms with Crippen LogP contribution in [0, 0.1) is 0 Å². The van der Waals surface area contributed by atoms with E-state index in [1.54, 1.807) is 0 Å². The summed E-state index contributed by atoms with van der Waals surface area (Å²) in [5, 5.41) is 3.42. The molecular formula is C16H27NO. The van der Waals surface area contributed by atoms with Gasteiger partial charge in [0.05, 0.1) is 6.61 Å². The predicted molar refractivity (Wildman–Crippen MR) is 78.2 cm³/mol. The summed E-state index contributed by atoms with van der Waals surface area (Å²) in [6, 6.07) is 8.80. The minimum atomic E-state index is 0.388. The maximum absolute atomic E-state index is 5.79. The molecule has 0 aliphatic heterocycles. The third kappa shape index (κ3) is 5.54. The molecule has 1 rings (SSSR count). The molecule has 0 heterocycles. The van der Waals surface area contributed by atoms with Crippen molar-refractivity contribution in [1.29, 1.82) is 0 Å². The average Bonchev–Trinajstić information content (AvgIpc) is 2.39. The van der Waals surface area contributed by atoms with Gasteiger partial charge >= 0.3 is 0 Å². The van der Waals surface area contributed by atoms with Gasteiger partial charge in [-0.3, -0.25) is 0 Å². The summed E-state index contributed by atoms with van der Waals surface area (Å²) in [4.78, 5) is 0. The van der Waals surface area contributed by atoms with Crippen molar-refractivity contribution in [3.05, 3.63) is 29.8 Å². The van der Waals surface area contributed by atoms with Gasteiger partial charge in [0, 0.05) is 6.04 Å². The van der Waals surface area contributed by atoms with Gasteiger partial charge in [-0.2, -0.15) is 0 Å². The van der Waals surface area contributed by atoms with Gasteiger partial charge < -0.3 is 10.1 Å². The molecule has 0 radical (unpaired) electrons. The van der Waals surface area contributed by atoms with Crippen LogP contribution < -0.4 is 10.1 Å². The van der Waals surface area contributed by atoms with Gasteiger partial charge in [0.25, 0.3) is 0 Å². The molecule has 0 aromatic heterocycles. The quantitative estimate of drug-likeness (QED) is 0.658. The summed E-state index contributed by atoms with van der Waals surface area (Å²) >= 11 is 0. The topological polar surface area (TPSA) is 21.3 Å². The van der Waals surface area contributed by atoms with Crippen LogP contribution in [0.5, 0.6) is 5.75 Å². The molecule has 0 bridgehead atoms. The molecule has 1 unspecified atom stereocenters. The molecule has 1 aromatic carbocycles. The minimum Gasteiger partial charge on any atom is -0.494 e. The molecule has 102 valence electrons.